The topological polar surface area (TPSA) is 0 Å². The molecule has 18 heavy (non-hydrogen) atoms. The van der Waals surface area contributed by atoms with Crippen LogP contribution in [0.1, 0.15) is 25.3 Å². The summed E-state index contributed by atoms with van der Waals surface area (Å²) in [5.74, 6) is 6.34. The predicted octanol–water partition coefficient (Wildman–Crippen LogP) is 5.27. The minimum absolute atomic E-state index is 0.967. The summed E-state index contributed by atoms with van der Waals surface area (Å²) in [6.45, 7) is 2.14. The Hall–Kier alpha value is -1.52. The largest absolute Gasteiger partial charge is 0.0979 e. The van der Waals surface area contributed by atoms with Crippen LogP contribution >= 0.6 is 15.9 Å². The summed E-state index contributed by atoms with van der Waals surface area (Å²) in [5.41, 5.74) is 3.54. The van der Waals surface area contributed by atoms with E-state index >= 15 is 0 Å². The molecular formula is C17H15Br. The van der Waals surface area contributed by atoms with Gasteiger partial charge in [0.05, 0.1) is 0 Å². The highest BCUT2D eigenvalue weighted by atomic mass is 79.9. The monoisotopic (exact) mass is 298 g/mol. The maximum Gasteiger partial charge on any atom is 0.0245 e. The molecule has 2 rings (SSSR count). The van der Waals surface area contributed by atoms with Gasteiger partial charge in [-0.15, -0.1) is 0 Å². The molecule has 0 unspecified atom stereocenters. The number of rotatable bonds is 2. The number of unbranched alkanes of at least 4 members (excludes halogenated alkanes) is 1. The molecule has 90 valence electrons. The molecule has 0 nitrogen and oxygen atoms in total. The summed E-state index contributed by atoms with van der Waals surface area (Å²) in [7, 11) is 0. The zero-order valence-electron chi connectivity index (χ0n) is 10.4. The van der Waals surface area contributed by atoms with Gasteiger partial charge in [-0.3, -0.25) is 0 Å². The van der Waals surface area contributed by atoms with Crippen molar-refractivity contribution in [3.63, 3.8) is 0 Å². The van der Waals surface area contributed by atoms with Crippen LogP contribution in [0.5, 0.6) is 0 Å². The van der Waals surface area contributed by atoms with Crippen LogP contribution in [-0.4, -0.2) is 0 Å². The number of hydrogen-bond acceptors (Lipinski definition) is 0. The molecule has 2 aromatic rings. The van der Waals surface area contributed by atoms with Crippen molar-refractivity contribution in [2.45, 2.75) is 19.8 Å². The molecule has 0 spiro atoms. The fourth-order valence-electron chi connectivity index (χ4n) is 1.68. The molecule has 0 bridgehead atoms. The first-order valence-corrected chi connectivity index (χ1v) is 6.94. The second-order valence-corrected chi connectivity index (χ2v) is 5.05. The van der Waals surface area contributed by atoms with Gasteiger partial charge in [-0.05, 0) is 41.8 Å². The van der Waals surface area contributed by atoms with Crippen molar-refractivity contribution in [1.82, 2.24) is 0 Å². The molecule has 0 fully saturated rings. The standard InChI is InChI=1S/C17H15Br/c1-2-3-4-5-14-6-8-15(9-7-14)16-10-12-17(18)13-11-16/h6-13H,2-3H2,1H3. The van der Waals surface area contributed by atoms with E-state index in [1.807, 2.05) is 0 Å². The second-order valence-electron chi connectivity index (χ2n) is 4.14. The lowest BCUT2D eigenvalue weighted by molar-refractivity contribution is 0.983. The summed E-state index contributed by atoms with van der Waals surface area (Å²) in [6.07, 6.45) is 2.08. The van der Waals surface area contributed by atoms with Crippen LogP contribution in [0.25, 0.3) is 11.1 Å². The van der Waals surface area contributed by atoms with Gasteiger partial charge < -0.3 is 0 Å². The van der Waals surface area contributed by atoms with Crippen molar-refractivity contribution in [2.24, 2.45) is 0 Å². The quantitative estimate of drug-likeness (QED) is 0.663. The van der Waals surface area contributed by atoms with Gasteiger partial charge in [0.25, 0.3) is 0 Å². The molecule has 0 N–H and O–H groups in total. The maximum absolute atomic E-state index is 3.45. The van der Waals surface area contributed by atoms with Crippen LogP contribution in [0.4, 0.5) is 0 Å². The Kier molecular flexibility index (Phi) is 4.61. The first-order valence-electron chi connectivity index (χ1n) is 6.14. The van der Waals surface area contributed by atoms with Gasteiger partial charge in [-0.2, -0.15) is 0 Å². The Morgan fingerprint density at radius 3 is 2.00 bits per heavy atom. The molecule has 0 saturated carbocycles. The summed E-state index contributed by atoms with van der Waals surface area (Å²) in [5, 5.41) is 0. The lowest BCUT2D eigenvalue weighted by Crippen LogP contribution is -1.79. The number of halogens is 1. The van der Waals surface area contributed by atoms with Crippen molar-refractivity contribution < 1.29 is 0 Å². The molecule has 0 saturated heterocycles. The molecule has 0 atom stereocenters. The maximum atomic E-state index is 3.45. The summed E-state index contributed by atoms with van der Waals surface area (Å²) in [6, 6.07) is 16.8. The van der Waals surface area contributed by atoms with Crippen LogP contribution < -0.4 is 0 Å². The van der Waals surface area contributed by atoms with Crippen LogP contribution in [0.15, 0.2) is 53.0 Å². The summed E-state index contributed by atoms with van der Waals surface area (Å²) >= 11 is 3.45. The van der Waals surface area contributed by atoms with E-state index in [-0.39, 0.29) is 0 Å². The molecule has 0 aromatic heterocycles. The molecular weight excluding hydrogens is 284 g/mol. The van der Waals surface area contributed by atoms with Crippen molar-refractivity contribution >= 4 is 15.9 Å². The van der Waals surface area contributed by atoms with Crippen LogP contribution in [0.3, 0.4) is 0 Å². The smallest absolute Gasteiger partial charge is 0.0245 e. The molecule has 0 heterocycles. The van der Waals surface area contributed by atoms with E-state index in [4.69, 9.17) is 0 Å². The normalized spacial score (nSPS) is 9.67. The Balaban J connectivity index is 2.18. The van der Waals surface area contributed by atoms with Crippen molar-refractivity contribution in [3.8, 4) is 23.0 Å². The molecule has 0 amide bonds. The third-order valence-corrected chi connectivity index (χ3v) is 3.20. The molecule has 1 heteroatoms. The van der Waals surface area contributed by atoms with E-state index in [2.05, 4.69) is 83.2 Å². The molecule has 0 aliphatic heterocycles. The van der Waals surface area contributed by atoms with E-state index in [1.165, 1.54) is 11.1 Å². The molecule has 2 aromatic carbocycles. The van der Waals surface area contributed by atoms with Crippen LogP contribution in [-0.2, 0) is 0 Å². The molecule has 0 aliphatic carbocycles. The predicted molar refractivity (Wildman–Crippen MR) is 81.4 cm³/mol. The zero-order valence-corrected chi connectivity index (χ0v) is 12.0. The first kappa shape index (κ1) is 12.9. The van der Waals surface area contributed by atoms with E-state index in [1.54, 1.807) is 0 Å². The van der Waals surface area contributed by atoms with Gasteiger partial charge in [0, 0.05) is 16.5 Å². The zero-order chi connectivity index (χ0) is 12.8. The van der Waals surface area contributed by atoms with Gasteiger partial charge in [0.15, 0.2) is 0 Å². The van der Waals surface area contributed by atoms with Crippen molar-refractivity contribution in [1.29, 1.82) is 0 Å². The van der Waals surface area contributed by atoms with E-state index in [0.29, 0.717) is 0 Å². The highest BCUT2D eigenvalue weighted by Crippen LogP contribution is 2.21. The third-order valence-electron chi connectivity index (χ3n) is 2.67. The molecule has 0 aliphatic rings. The van der Waals surface area contributed by atoms with Crippen molar-refractivity contribution in [3.05, 3.63) is 58.6 Å². The summed E-state index contributed by atoms with van der Waals surface area (Å²) < 4.78 is 1.10. The minimum atomic E-state index is 0.967. The number of benzene rings is 2. The fraction of sp³-hybridized carbons (Fsp3) is 0.176. The van der Waals surface area contributed by atoms with Gasteiger partial charge in [0.1, 0.15) is 0 Å². The van der Waals surface area contributed by atoms with Gasteiger partial charge in [0.2, 0.25) is 0 Å². The minimum Gasteiger partial charge on any atom is -0.0979 e. The van der Waals surface area contributed by atoms with Gasteiger partial charge in [-0.25, -0.2) is 0 Å². The van der Waals surface area contributed by atoms with Crippen molar-refractivity contribution in [2.75, 3.05) is 0 Å². The second kappa shape index (κ2) is 6.42. The van der Waals surface area contributed by atoms with E-state index < -0.39 is 0 Å². The Morgan fingerprint density at radius 1 is 0.889 bits per heavy atom. The van der Waals surface area contributed by atoms with Gasteiger partial charge in [-0.1, -0.05) is 59.0 Å². The fourth-order valence-corrected chi connectivity index (χ4v) is 1.94. The third kappa shape index (κ3) is 3.48. The van der Waals surface area contributed by atoms with Crippen LogP contribution in [0.2, 0.25) is 0 Å². The number of hydrogen-bond donors (Lipinski definition) is 0. The Labute approximate surface area is 117 Å². The Morgan fingerprint density at radius 2 is 1.44 bits per heavy atom. The van der Waals surface area contributed by atoms with Crippen LogP contribution in [0, 0.1) is 11.8 Å². The SMILES string of the molecule is CCCC#Cc1ccc(-c2ccc(Br)cc2)cc1. The molecule has 0 radical (unpaired) electrons. The van der Waals surface area contributed by atoms with Gasteiger partial charge >= 0.3 is 0 Å². The lowest BCUT2D eigenvalue weighted by atomic mass is 10.0. The average molecular weight is 299 g/mol. The summed E-state index contributed by atoms with van der Waals surface area (Å²) in [4.78, 5) is 0. The average Bonchev–Trinajstić information content (AvgIpc) is 2.41. The van der Waals surface area contributed by atoms with E-state index in [9.17, 15) is 0 Å². The lowest BCUT2D eigenvalue weighted by Gasteiger charge is -2.01. The highest BCUT2D eigenvalue weighted by molar-refractivity contribution is 9.10. The highest BCUT2D eigenvalue weighted by Gasteiger charge is 1.96. The van der Waals surface area contributed by atoms with E-state index in [0.717, 1.165) is 22.9 Å². The Bertz CT molecular complexity index is 553. The first-order chi connectivity index (χ1) is 8.79.